The molecule has 0 aliphatic heterocycles. The van der Waals surface area contributed by atoms with Crippen LogP contribution in [0.4, 0.5) is 0 Å². The summed E-state index contributed by atoms with van der Waals surface area (Å²) in [6.45, 7) is 45.1. The second-order valence-electron chi connectivity index (χ2n) is 63.2. The van der Waals surface area contributed by atoms with Gasteiger partial charge in [0.1, 0.15) is 11.7 Å². The van der Waals surface area contributed by atoms with E-state index in [0.29, 0.717) is 66.0 Å². The third kappa shape index (κ3) is 15.2. The number of hydrogen-bond acceptors (Lipinski definition) is 9. The summed E-state index contributed by atoms with van der Waals surface area (Å²) in [4.78, 5) is 61.7. The van der Waals surface area contributed by atoms with Crippen molar-refractivity contribution < 1.29 is 53.5 Å². The highest BCUT2D eigenvalue weighted by atomic mass is 16.6. The van der Waals surface area contributed by atoms with Crippen LogP contribution in [0.25, 0.3) is 0 Å². The van der Waals surface area contributed by atoms with Crippen LogP contribution in [-0.2, 0) is 38.2 Å². The van der Waals surface area contributed by atoms with Gasteiger partial charge in [-0.05, 0) is 625 Å². The van der Waals surface area contributed by atoms with Gasteiger partial charge in [0.2, 0.25) is 0 Å². The van der Waals surface area contributed by atoms with E-state index >= 15 is 0 Å². The lowest BCUT2D eigenvalue weighted by Crippen LogP contribution is -2.58. The molecule has 0 amide bonds. The minimum absolute atomic E-state index is 0.00288. The number of aliphatic hydroxyl groups excluding tert-OH is 1. The maximum Gasteiger partial charge on any atom is 0.309 e. The molecule has 0 aromatic rings. The van der Waals surface area contributed by atoms with Crippen LogP contribution in [0.5, 0.6) is 0 Å². The average molecular weight is 2010 g/mol. The van der Waals surface area contributed by atoms with E-state index in [1.54, 1.807) is 77.0 Å². The molecule has 0 heterocycles. The molecule has 146 heavy (non-hydrogen) atoms. The zero-order valence-electron chi connectivity index (χ0n) is 95.4. The molecule has 0 spiro atoms. The third-order valence-corrected chi connectivity index (χ3v) is 60.8. The molecular weight excluding hydrogens is 1800 g/mol. The lowest BCUT2D eigenvalue weighted by Gasteiger charge is -2.59. The molecule has 36 fully saturated rings. The highest BCUT2D eigenvalue weighted by molar-refractivity contribution is 5.76. The standard InChI is InChI=1S/C26H38O2.C25H38O2.C17H26O2.2C15H22O2.C12H18.C11H18O.C10H16.2C2H6/c1-12-13(2)20-11-19(12)23-16-9-21(24(20)23)22(10-16)25(27)28-26(3)17-5-14-4-15(7-17)8-18(26)6-14;1-12-13(2)17-11-16(12)21-14-8-18(22(17)21)19(9-14)23(26)27-20-10-15-6-7-25(20,5)24(15,3)4;1-4-19-17(18)14-6-10-5-13(14)16-12-7-11(15(10)16)8(2)9(12)3;2*1-6-7(2)10-5-9(6)13-8-3-11(14(10)13)12(4-8)15(16)17;1-2-8-5-7(1)11-9-3-4-10(6-9)12(8)11;12-6-7-3-10-8-1-2-9(5-8)11(10)4-7;1-2-9-7-4-5-8(6-7)10(9)3-1;2*1-2/h12-24H,4-11H2,1-3H3;12-22H,6-11H2,1-5H3;8-16H,4-7H2,1-3H3;2*6-14H,3-5H2,1-2H3,(H,16,17);2*7-12H,1-6H2;7-10H,1-6H2;2*1-2H3. The number of rotatable bonds is 9. The van der Waals surface area contributed by atoms with Crippen molar-refractivity contribution in [3.05, 3.63) is 0 Å². The number of carbonyl (C=O) groups excluding carboxylic acids is 3. The van der Waals surface area contributed by atoms with E-state index in [1.807, 2.05) is 34.6 Å². The van der Waals surface area contributed by atoms with Crippen LogP contribution in [0, 0.1) is 395 Å². The Labute approximate surface area is 886 Å². The number of hydrogen-bond donors (Lipinski definition) is 3. The number of aliphatic carboxylic acids is 2. The van der Waals surface area contributed by atoms with Gasteiger partial charge in [0, 0.05) is 12.0 Å². The summed E-state index contributed by atoms with van der Waals surface area (Å²) in [5, 5.41) is 27.8. The molecule has 36 rings (SSSR count). The Bertz CT molecular complexity index is 4610. The topological polar surface area (TPSA) is 174 Å². The summed E-state index contributed by atoms with van der Waals surface area (Å²) in [6, 6.07) is 0. The molecule has 60 atom stereocenters. The SMILES string of the molecule is C1CC2C3CCC(C3)C2C1.C1CC2CC1C1C3CCC(C3)C21.CC.CC.CC1C(C)C2CC1C1C3CC(C(=O)O)C(C3)C21.CC1C(C)C2CC1C1C3CC(C(=O)O)C(C3)C21.CC1C(C)C2CC1C1C3CC(C(=O)OC4(C)C5CC6CC(C5)CC4C6)C(C3)C21.CC1C(C)C2CC1C1C3CC(C(=O)OC4CC5CCC4(C)C5(C)C)C(C3)C21.CCOC(=O)C1CC2CC1C1C3CC(C(C)C3C)C21.OCC1CC2C3CCC(C3)C2C1. The minimum Gasteiger partial charge on any atom is -0.481 e. The number of fused-ring (bicyclic) bond motifs is 66. The molecule has 11 heteroatoms. The predicted molar refractivity (Wildman–Crippen MR) is 576 cm³/mol. The maximum atomic E-state index is 13.6. The first-order valence-corrected chi connectivity index (χ1v) is 65.9. The smallest absolute Gasteiger partial charge is 0.309 e. The Morgan fingerprint density at radius 2 is 0.562 bits per heavy atom. The van der Waals surface area contributed by atoms with Crippen molar-refractivity contribution in [2.75, 3.05) is 13.2 Å². The Morgan fingerprint density at radius 1 is 0.267 bits per heavy atom. The second-order valence-corrected chi connectivity index (χ2v) is 63.2. The molecule has 0 radical (unpaired) electrons. The minimum atomic E-state index is -0.514. The van der Waals surface area contributed by atoms with E-state index in [9.17, 15) is 34.2 Å². The summed E-state index contributed by atoms with van der Waals surface area (Å²) in [5.41, 5.74) is 0.389. The Hall–Kier alpha value is -2.69. The van der Waals surface area contributed by atoms with Gasteiger partial charge in [0.25, 0.3) is 0 Å². The predicted octanol–water partition coefficient (Wildman–Crippen LogP) is 30.2. The molecular formula is C135H210O11. The van der Waals surface area contributed by atoms with Crippen molar-refractivity contribution in [2.45, 2.75) is 400 Å². The van der Waals surface area contributed by atoms with Crippen molar-refractivity contribution in [1.82, 2.24) is 0 Å². The largest absolute Gasteiger partial charge is 0.481 e. The quantitative estimate of drug-likeness (QED) is 0.114. The van der Waals surface area contributed by atoms with E-state index < -0.39 is 11.9 Å². The van der Waals surface area contributed by atoms with Crippen LogP contribution in [0.2, 0.25) is 0 Å². The van der Waals surface area contributed by atoms with Crippen molar-refractivity contribution >= 4 is 29.8 Å². The fourth-order valence-electron chi connectivity index (χ4n) is 54.7. The lowest BCUT2D eigenvalue weighted by molar-refractivity contribution is -0.209. The first-order valence-electron chi connectivity index (χ1n) is 65.9. The summed E-state index contributed by atoms with van der Waals surface area (Å²) in [7, 11) is 0. The first-order chi connectivity index (χ1) is 70.3. The van der Waals surface area contributed by atoms with Crippen molar-refractivity contribution in [3.63, 3.8) is 0 Å². The lowest BCUT2D eigenvalue weighted by atomic mass is 9.50. The zero-order valence-corrected chi connectivity index (χ0v) is 95.4. The summed E-state index contributed by atoms with van der Waals surface area (Å²) >= 11 is 0. The first kappa shape index (κ1) is 102. The molecule has 0 aromatic carbocycles. The summed E-state index contributed by atoms with van der Waals surface area (Å²) in [5.74, 6) is 55.1. The average Bonchev–Trinajstić information content (AvgIpc) is 1.52. The van der Waals surface area contributed by atoms with Gasteiger partial charge in [-0.3, -0.25) is 24.0 Å². The molecule has 36 aliphatic carbocycles. The molecule has 816 valence electrons. The Balaban J connectivity index is 0.0000000861. The van der Waals surface area contributed by atoms with Gasteiger partial charge in [-0.25, -0.2) is 0 Å². The molecule has 36 saturated carbocycles. The van der Waals surface area contributed by atoms with E-state index in [4.69, 9.17) is 19.3 Å². The van der Waals surface area contributed by atoms with Crippen LogP contribution in [0.3, 0.4) is 0 Å². The van der Waals surface area contributed by atoms with Crippen molar-refractivity contribution in [2.24, 2.45) is 395 Å². The number of aliphatic hydroxyl groups is 1. The van der Waals surface area contributed by atoms with Gasteiger partial charge in [0.15, 0.2) is 0 Å². The number of ether oxygens (including phenoxy) is 3. The van der Waals surface area contributed by atoms with Gasteiger partial charge in [0.05, 0.1) is 36.2 Å². The summed E-state index contributed by atoms with van der Waals surface area (Å²) in [6.07, 6.45) is 56.2. The number of esters is 3. The number of carbonyl (C=O) groups is 5. The third-order valence-electron chi connectivity index (χ3n) is 60.8. The Morgan fingerprint density at radius 3 is 0.870 bits per heavy atom. The van der Waals surface area contributed by atoms with Crippen LogP contribution in [-0.4, -0.2) is 70.1 Å². The van der Waals surface area contributed by atoms with E-state index in [1.165, 1.54) is 200 Å². The number of carboxylic acids is 2. The monoisotopic (exact) mass is 2010 g/mol. The van der Waals surface area contributed by atoms with Gasteiger partial charge in [-0.15, -0.1) is 0 Å². The molecule has 0 aromatic heterocycles. The molecule has 36 aliphatic rings. The number of carboxylic acid groups (broad SMARTS) is 2. The maximum absolute atomic E-state index is 13.6. The molecule has 11 nitrogen and oxygen atoms in total. The fraction of sp³-hybridized carbons (Fsp3) is 0.963. The zero-order chi connectivity index (χ0) is 101. The van der Waals surface area contributed by atoms with Gasteiger partial charge >= 0.3 is 29.8 Å². The van der Waals surface area contributed by atoms with Crippen molar-refractivity contribution in [3.8, 4) is 0 Å². The van der Waals surface area contributed by atoms with E-state index in [2.05, 4.69) is 96.9 Å². The van der Waals surface area contributed by atoms with Crippen molar-refractivity contribution in [1.29, 1.82) is 0 Å². The molecule has 34 bridgehead atoms. The molecule has 0 saturated heterocycles. The highest BCUT2D eigenvalue weighted by Gasteiger charge is 2.75. The fourth-order valence-corrected chi connectivity index (χ4v) is 54.7. The van der Waals surface area contributed by atoms with Gasteiger partial charge in [-0.2, -0.15) is 0 Å². The van der Waals surface area contributed by atoms with Crippen LogP contribution in [0.15, 0.2) is 0 Å². The highest BCUT2D eigenvalue weighted by Crippen LogP contribution is 2.80. The Kier molecular flexibility index (Phi) is 26.7. The van der Waals surface area contributed by atoms with E-state index in [0.717, 1.165) is 287 Å². The van der Waals surface area contributed by atoms with Crippen LogP contribution >= 0.6 is 0 Å². The van der Waals surface area contributed by atoms with Crippen LogP contribution in [0.1, 0.15) is 388 Å². The second kappa shape index (κ2) is 38.0. The molecule has 3 N–H and O–H groups in total. The van der Waals surface area contributed by atoms with Gasteiger partial charge in [-0.1, -0.05) is 124 Å². The summed E-state index contributed by atoms with van der Waals surface area (Å²) < 4.78 is 18.3. The van der Waals surface area contributed by atoms with Gasteiger partial charge < -0.3 is 29.5 Å². The van der Waals surface area contributed by atoms with E-state index in [-0.39, 0.29) is 64.6 Å². The van der Waals surface area contributed by atoms with Crippen LogP contribution < -0.4 is 0 Å². The molecule has 60 unspecified atom stereocenters. The normalized spacial score (nSPS) is 60.1.